The van der Waals surface area contributed by atoms with Crippen LogP contribution in [-0.4, -0.2) is 30.6 Å². The van der Waals surface area contributed by atoms with Crippen LogP contribution in [0.4, 0.5) is 4.79 Å². The van der Waals surface area contributed by atoms with Gasteiger partial charge in [-0.3, -0.25) is 4.79 Å². The molecule has 0 saturated heterocycles. The molecule has 0 unspecified atom stereocenters. The molecule has 0 radical (unpaired) electrons. The van der Waals surface area contributed by atoms with Crippen molar-refractivity contribution >= 4 is 12.0 Å². The first-order chi connectivity index (χ1) is 18.9. The molecule has 7 heteroatoms. The molecule has 2 rings (SSSR count). The van der Waals surface area contributed by atoms with Gasteiger partial charge in [-0.2, -0.15) is 0 Å². The fraction of sp³-hybridized carbons (Fsp3) is 0.594. The van der Waals surface area contributed by atoms with Crippen LogP contribution in [-0.2, 0) is 29.7 Å². The lowest BCUT2D eigenvalue weighted by molar-refractivity contribution is -0.671. The fourth-order valence-corrected chi connectivity index (χ4v) is 4.39. The number of carbonyl (C=O) groups excluding carboxylic acids is 2. The number of imide groups is 1. The van der Waals surface area contributed by atoms with E-state index in [1.165, 1.54) is 77.6 Å². The molecule has 7 nitrogen and oxygen atoms in total. The van der Waals surface area contributed by atoms with Crippen LogP contribution in [0.3, 0.4) is 0 Å². The molecule has 0 atom stereocenters. The maximum absolute atomic E-state index is 12.6. The molecule has 2 aromatic rings. The number of benzene rings is 1. The minimum Gasteiger partial charge on any atom is -0.493 e. The second-order valence-corrected chi connectivity index (χ2v) is 10.3. The highest BCUT2D eigenvalue weighted by Crippen LogP contribution is 2.29. The normalized spacial score (nSPS) is 10.8. The average molecular weight is 542 g/mol. The molecular weight excluding hydrogens is 492 g/mol. The number of hydrogen-bond donors (Lipinski definition) is 0. The van der Waals surface area contributed by atoms with Crippen molar-refractivity contribution in [3.8, 4) is 11.5 Å². The standard InChI is InChI=1S/C32H49N2O5/c1-5-6-7-8-9-10-11-12-13-14-15-16-23-38-30-18-17-29(24-31(30)37-4)26-39-32(36)34(27(2)35)25-28-19-21-33(3)22-20-28/h17-22,24H,5-16,23,25-26H2,1-4H3/q+1. The van der Waals surface area contributed by atoms with E-state index < -0.39 is 6.09 Å². The molecule has 0 spiro atoms. The Morgan fingerprint density at radius 2 is 1.38 bits per heavy atom. The van der Waals surface area contributed by atoms with E-state index in [0.717, 1.165) is 22.4 Å². The predicted molar refractivity (Wildman–Crippen MR) is 154 cm³/mol. The largest absolute Gasteiger partial charge is 0.493 e. The number of pyridine rings is 1. The number of aryl methyl sites for hydroxylation is 1. The molecule has 1 aromatic carbocycles. The average Bonchev–Trinajstić information content (AvgIpc) is 2.94. The van der Waals surface area contributed by atoms with Gasteiger partial charge in [-0.05, 0) is 29.7 Å². The quantitative estimate of drug-likeness (QED) is 0.138. The first-order valence-corrected chi connectivity index (χ1v) is 14.6. The van der Waals surface area contributed by atoms with Crippen molar-refractivity contribution in [2.24, 2.45) is 7.05 Å². The summed E-state index contributed by atoms with van der Waals surface area (Å²) in [6.07, 6.45) is 18.7. The first-order valence-electron chi connectivity index (χ1n) is 14.6. The lowest BCUT2D eigenvalue weighted by atomic mass is 10.1. The number of ether oxygens (including phenoxy) is 3. The summed E-state index contributed by atoms with van der Waals surface area (Å²) < 4.78 is 18.8. The smallest absolute Gasteiger partial charge is 0.417 e. The number of amides is 2. The maximum atomic E-state index is 12.6. The molecular formula is C32H49N2O5+. The van der Waals surface area contributed by atoms with Gasteiger partial charge in [0.1, 0.15) is 13.7 Å². The van der Waals surface area contributed by atoms with E-state index in [1.807, 2.05) is 48.3 Å². The molecule has 1 heterocycles. The van der Waals surface area contributed by atoms with Crippen LogP contribution in [0.1, 0.15) is 102 Å². The third kappa shape index (κ3) is 13.0. The molecule has 39 heavy (non-hydrogen) atoms. The van der Waals surface area contributed by atoms with E-state index >= 15 is 0 Å². The van der Waals surface area contributed by atoms with Gasteiger partial charge in [-0.25, -0.2) is 14.3 Å². The highest BCUT2D eigenvalue weighted by molar-refractivity contribution is 5.90. The van der Waals surface area contributed by atoms with E-state index in [2.05, 4.69) is 6.92 Å². The van der Waals surface area contributed by atoms with Gasteiger partial charge in [-0.1, -0.05) is 83.6 Å². The number of unbranched alkanes of at least 4 members (excludes halogenated alkanes) is 11. The summed E-state index contributed by atoms with van der Waals surface area (Å²) in [5.74, 6) is 0.911. The summed E-state index contributed by atoms with van der Waals surface area (Å²) in [7, 11) is 3.50. The minimum absolute atomic E-state index is 0.0295. The second-order valence-electron chi connectivity index (χ2n) is 10.3. The van der Waals surface area contributed by atoms with Gasteiger partial charge >= 0.3 is 6.09 Å². The zero-order chi connectivity index (χ0) is 28.3. The summed E-state index contributed by atoms with van der Waals surface area (Å²) in [6, 6.07) is 9.23. The summed E-state index contributed by atoms with van der Waals surface area (Å²) in [5.41, 5.74) is 1.60. The monoisotopic (exact) mass is 541 g/mol. The van der Waals surface area contributed by atoms with E-state index in [1.54, 1.807) is 13.2 Å². The van der Waals surface area contributed by atoms with E-state index in [-0.39, 0.29) is 19.1 Å². The Bertz CT molecular complexity index is 977. The number of methoxy groups -OCH3 is 1. The van der Waals surface area contributed by atoms with Crippen LogP contribution in [0.15, 0.2) is 42.7 Å². The van der Waals surface area contributed by atoms with Crippen molar-refractivity contribution in [3.63, 3.8) is 0 Å². The van der Waals surface area contributed by atoms with Gasteiger partial charge in [0, 0.05) is 19.1 Å². The highest BCUT2D eigenvalue weighted by Gasteiger charge is 2.20. The van der Waals surface area contributed by atoms with Crippen LogP contribution in [0.2, 0.25) is 0 Å². The molecule has 0 aliphatic rings. The molecule has 0 aliphatic carbocycles. The van der Waals surface area contributed by atoms with Gasteiger partial charge in [0.05, 0.1) is 20.3 Å². The van der Waals surface area contributed by atoms with Gasteiger partial charge < -0.3 is 14.2 Å². The zero-order valence-electron chi connectivity index (χ0n) is 24.6. The topological polar surface area (TPSA) is 69.0 Å². The fourth-order valence-electron chi connectivity index (χ4n) is 4.39. The lowest BCUT2D eigenvalue weighted by Crippen LogP contribution is -2.35. The first kappa shape index (κ1) is 32.1. The van der Waals surface area contributed by atoms with Crippen molar-refractivity contribution in [3.05, 3.63) is 53.9 Å². The van der Waals surface area contributed by atoms with Crippen molar-refractivity contribution in [1.29, 1.82) is 0 Å². The van der Waals surface area contributed by atoms with E-state index in [9.17, 15) is 9.59 Å². The summed E-state index contributed by atoms with van der Waals surface area (Å²) in [5, 5.41) is 0. The van der Waals surface area contributed by atoms with Crippen LogP contribution in [0, 0.1) is 0 Å². The number of nitrogens with zero attached hydrogens (tertiary/aromatic N) is 2. The Morgan fingerprint density at radius 1 is 0.795 bits per heavy atom. The number of hydrogen-bond acceptors (Lipinski definition) is 5. The molecule has 0 bridgehead atoms. The molecule has 0 N–H and O–H groups in total. The summed E-state index contributed by atoms with van der Waals surface area (Å²) in [6.45, 7) is 4.45. The zero-order valence-corrected chi connectivity index (χ0v) is 24.6. The van der Waals surface area contributed by atoms with Crippen molar-refractivity contribution < 1.29 is 28.4 Å². The third-order valence-electron chi connectivity index (χ3n) is 6.83. The van der Waals surface area contributed by atoms with Crippen molar-refractivity contribution in [1.82, 2.24) is 4.90 Å². The Hall–Kier alpha value is -3.09. The SMILES string of the molecule is CCCCCCCCCCCCCCOc1ccc(COC(=O)N(Cc2cc[n+](C)cc2)C(C)=O)cc1OC. The van der Waals surface area contributed by atoms with Gasteiger partial charge in [0.25, 0.3) is 0 Å². The van der Waals surface area contributed by atoms with Gasteiger partial charge in [0.15, 0.2) is 23.9 Å². The van der Waals surface area contributed by atoms with Gasteiger partial charge in [-0.15, -0.1) is 0 Å². The molecule has 0 aliphatic heterocycles. The molecule has 0 saturated carbocycles. The Labute approximate surface area is 235 Å². The predicted octanol–water partition coefficient (Wildman–Crippen LogP) is 7.28. The minimum atomic E-state index is -0.679. The Balaban J connectivity index is 1.68. The molecule has 1 aromatic heterocycles. The Morgan fingerprint density at radius 3 is 1.95 bits per heavy atom. The number of carbonyl (C=O) groups is 2. The molecule has 216 valence electrons. The second kappa shape index (κ2) is 19.0. The van der Waals surface area contributed by atoms with Crippen molar-refractivity contribution in [2.45, 2.75) is 104 Å². The van der Waals surface area contributed by atoms with E-state index in [4.69, 9.17) is 14.2 Å². The maximum Gasteiger partial charge on any atom is 0.417 e. The van der Waals surface area contributed by atoms with Crippen LogP contribution in [0.5, 0.6) is 11.5 Å². The van der Waals surface area contributed by atoms with Crippen molar-refractivity contribution in [2.75, 3.05) is 13.7 Å². The van der Waals surface area contributed by atoms with Crippen LogP contribution >= 0.6 is 0 Å². The number of aromatic nitrogens is 1. The third-order valence-corrected chi connectivity index (χ3v) is 6.83. The van der Waals surface area contributed by atoms with E-state index in [0.29, 0.717) is 18.1 Å². The summed E-state index contributed by atoms with van der Waals surface area (Å²) >= 11 is 0. The molecule has 0 fully saturated rings. The lowest BCUT2D eigenvalue weighted by Gasteiger charge is -2.19. The van der Waals surface area contributed by atoms with Crippen LogP contribution in [0.25, 0.3) is 0 Å². The molecule has 2 amide bonds. The summed E-state index contributed by atoms with van der Waals surface area (Å²) in [4.78, 5) is 25.8. The van der Waals surface area contributed by atoms with Crippen LogP contribution < -0.4 is 14.0 Å². The number of rotatable bonds is 19. The highest BCUT2D eigenvalue weighted by atomic mass is 16.6. The Kier molecular flexibility index (Phi) is 15.7. The van der Waals surface area contributed by atoms with Gasteiger partial charge in [0.2, 0.25) is 5.91 Å².